The number of amides is 2. The van der Waals surface area contributed by atoms with E-state index in [1.54, 1.807) is 29.0 Å². The van der Waals surface area contributed by atoms with Crippen molar-refractivity contribution in [3.63, 3.8) is 0 Å². The maximum absolute atomic E-state index is 12.4. The van der Waals surface area contributed by atoms with Gasteiger partial charge in [0.1, 0.15) is 0 Å². The van der Waals surface area contributed by atoms with Gasteiger partial charge in [0.2, 0.25) is 5.91 Å². The minimum Gasteiger partial charge on any atom is -0.380 e. The average Bonchev–Trinajstić information content (AvgIpc) is 2.59. The van der Waals surface area contributed by atoms with Crippen LogP contribution in [0.1, 0.15) is 16.8 Å². The Morgan fingerprint density at radius 1 is 1.17 bits per heavy atom. The Hall–Kier alpha value is -1.15. The maximum atomic E-state index is 12.4. The maximum Gasteiger partial charge on any atom is 0.253 e. The molecule has 0 saturated carbocycles. The van der Waals surface area contributed by atoms with E-state index in [2.05, 4.69) is 15.9 Å². The van der Waals surface area contributed by atoms with Gasteiger partial charge in [-0.15, -0.1) is 12.4 Å². The van der Waals surface area contributed by atoms with E-state index >= 15 is 0 Å². The average molecular weight is 421 g/mol. The molecule has 6 nitrogen and oxygen atoms in total. The zero-order chi connectivity index (χ0) is 16.8. The minimum absolute atomic E-state index is 0. The molecule has 1 aromatic carbocycles. The molecule has 8 heteroatoms. The SMILES string of the molecule is COC(CN)CC(=O)N1CCN(C(=O)c2ccc(Br)cc2)CC1.Cl. The van der Waals surface area contributed by atoms with Crippen molar-refractivity contribution in [2.75, 3.05) is 39.8 Å². The second-order valence-electron chi connectivity index (χ2n) is 5.48. The molecule has 1 saturated heterocycles. The summed E-state index contributed by atoms with van der Waals surface area (Å²) in [6.07, 6.45) is 0.0399. The van der Waals surface area contributed by atoms with Crippen molar-refractivity contribution in [2.45, 2.75) is 12.5 Å². The first-order valence-corrected chi connectivity index (χ1v) is 8.40. The lowest BCUT2D eigenvalue weighted by Gasteiger charge is -2.35. The van der Waals surface area contributed by atoms with Crippen molar-refractivity contribution >= 4 is 40.2 Å². The second-order valence-corrected chi connectivity index (χ2v) is 6.39. The van der Waals surface area contributed by atoms with Crippen LogP contribution in [0.5, 0.6) is 0 Å². The fourth-order valence-corrected chi connectivity index (χ4v) is 2.79. The van der Waals surface area contributed by atoms with E-state index in [0.29, 0.717) is 38.3 Å². The van der Waals surface area contributed by atoms with Crippen LogP contribution >= 0.6 is 28.3 Å². The standard InChI is InChI=1S/C16H22BrN3O3.ClH/c1-23-14(11-18)10-15(21)19-6-8-20(9-7-19)16(22)12-2-4-13(17)5-3-12;/h2-5,14H,6-11,18H2,1H3;1H. The Bertz CT molecular complexity index is 544. The number of benzene rings is 1. The zero-order valence-corrected chi connectivity index (χ0v) is 16.0. The van der Waals surface area contributed by atoms with Crippen LogP contribution in [-0.2, 0) is 9.53 Å². The van der Waals surface area contributed by atoms with Gasteiger partial charge in [-0.2, -0.15) is 0 Å². The lowest BCUT2D eigenvalue weighted by atomic mass is 10.1. The number of hydrogen-bond donors (Lipinski definition) is 1. The Balaban J connectivity index is 0.00000288. The van der Waals surface area contributed by atoms with E-state index in [1.807, 2.05) is 12.1 Å². The Kier molecular flexibility index (Phi) is 8.69. The lowest BCUT2D eigenvalue weighted by molar-refractivity contribution is -0.135. The number of piperazine rings is 1. The van der Waals surface area contributed by atoms with Gasteiger partial charge in [0.25, 0.3) is 5.91 Å². The molecule has 1 atom stereocenters. The molecule has 134 valence electrons. The summed E-state index contributed by atoms with van der Waals surface area (Å²) in [5.41, 5.74) is 6.21. The van der Waals surface area contributed by atoms with Crippen molar-refractivity contribution < 1.29 is 14.3 Å². The summed E-state index contributed by atoms with van der Waals surface area (Å²) in [5, 5.41) is 0. The molecule has 1 fully saturated rings. The van der Waals surface area contributed by atoms with Crippen molar-refractivity contribution in [1.29, 1.82) is 0 Å². The highest BCUT2D eigenvalue weighted by Gasteiger charge is 2.26. The van der Waals surface area contributed by atoms with Gasteiger partial charge >= 0.3 is 0 Å². The molecule has 0 aliphatic carbocycles. The summed E-state index contributed by atoms with van der Waals surface area (Å²) in [5.74, 6) is 0.0272. The van der Waals surface area contributed by atoms with Crippen molar-refractivity contribution in [1.82, 2.24) is 9.80 Å². The van der Waals surface area contributed by atoms with Gasteiger partial charge in [-0.3, -0.25) is 9.59 Å². The third kappa shape index (κ3) is 5.44. The topological polar surface area (TPSA) is 75.9 Å². The summed E-state index contributed by atoms with van der Waals surface area (Å²) in [4.78, 5) is 28.2. The van der Waals surface area contributed by atoms with Crippen molar-refractivity contribution in [3.05, 3.63) is 34.3 Å². The first kappa shape index (κ1) is 20.9. The van der Waals surface area contributed by atoms with Gasteiger partial charge in [-0.05, 0) is 24.3 Å². The van der Waals surface area contributed by atoms with E-state index in [9.17, 15) is 9.59 Å². The molecular formula is C16H23BrClN3O3. The number of nitrogens with zero attached hydrogens (tertiary/aromatic N) is 2. The number of hydrogen-bond acceptors (Lipinski definition) is 4. The number of nitrogens with two attached hydrogens (primary N) is 1. The number of halogens is 2. The van der Waals surface area contributed by atoms with Crippen LogP contribution in [0, 0.1) is 0 Å². The van der Waals surface area contributed by atoms with Crippen LogP contribution in [-0.4, -0.2) is 67.6 Å². The van der Waals surface area contributed by atoms with Crippen LogP contribution in [0.25, 0.3) is 0 Å². The minimum atomic E-state index is -0.245. The predicted octanol–water partition coefficient (Wildman–Crippen LogP) is 1.52. The van der Waals surface area contributed by atoms with Crippen LogP contribution in [0.15, 0.2) is 28.7 Å². The van der Waals surface area contributed by atoms with E-state index < -0.39 is 0 Å². The van der Waals surface area contributed by atoms with E-state index in [4.69, 9.17) is 10.5 Å². The Morgan fingerprint density at radius 3 is 2.21 bits per heavy atom. The van der Waals surface area contributed by atoms with Crippen LogP contribution in [0.2, 0.25) is 0 Å². The molecule has 1 aliphatic rings. The molecule has 0 aromatic heterocycles. The lowest BCUT2D eigenvalue weighted by Crippen LogP contribution is -2.51. The summed E-state index contributed by atoms with van der Waals surface area (Å²) < 4.78 is 6.09. The first-order valence-electron chi connectivity index (χ1n) is 7.60. The highest BCUT2D eigenvalue weighted by atomic mass is 79.9. The molecule has 0 radical (unpaired) electrons. The van der Waals surface area contributed by atoms with Gasteiger partial charge in [-0.25, -0.2) is 0 Å². The fraction of sp³-hybridized carbons (Fsp3) is 0.500. The zero-order valence-electron chi connectivity index (χ0n) is 13.6. The largest absolute Gasteiger partial charge is 0.380 e. The molecule has 1 aromatic rings. The predicted molar refractivity (Wildman–Crippen MR) is 98.3 cm³/mol. The van der Waals surface area contributed by atoms with Gasteiger partial charge < -0.3 is 20.3 Å². The fourth-order valence-electron chi connectivity index (χ4n) is 2.52. The summed E-state index contributed by atoms with van der Waals surface area (Å²) in [7, 11) is 1.56. The number of carbonyl (C=O) groups excluding carboxylic acids is 2. The number of ether oxygens (including phenoxy) is 1. The molecule has 2 N–H and O–H groups in total. The quantitative estimate of drug-likeness (QED) is 0.783. The van der Waals surface area contributed by atoms with E-state index in [1.165, 1.54) is 0 Å². The summed E-state index contributed by atoms with van der Waals surface area (Å²) in [6, 6.07) is 7.30. The monoisotopic (exact) mass is 419 g/mol. The third-order valence-electron chi connectivity index (χ3n) is 4.01. The van der Waals surface area contributed by atoms with E-state index in [0.717, 1.165) is 4.47 Å². The molecule has 1 heterocycles. The van der Waals surface area contributed by atoms with Gasteiger partial charge in [0.15, 0.2) is 0 Å². The smallest absolute Gasteiger partial charge is 0.253 e. The van der Waals surface area contributed by atoms with Gasteiger partial charge in [0.05, 0.1) is 12.5 Å². The number of rotatable bonds is 5. The molecule has 2 rings (SSSR count). The van der Waals surface area contributed by atoms with Crippen LogP contribution < -0.4 is 5.73 Å². The van der Waals surface area contributed by atoms with Crippen LogP contribution in [0.4, 0.5) is 0 Å². The van der Waals surface area contributed by atoms with Crippen molar-refractivity contribution in [3.8, 4) is 0 Å². The molecule has 0 spiro atoms. The number of methoxy groups -OCH3 is 1. The van der Waals surface area contributed by atoms with E-state index in [-0.39, 0.29) is 36.7 Å². The highest BCUT2D eigenvalue weighted by Crippen LogP contribution is 2.14. The van der Waals surface area contributed by atoms with Crippen LogP contribution in [0.3, 0.4) is 0 Å². The second kappa shape index (κ2) is 9.98. The van der Waals surface area contributed by atoms with Gasteiger partial charge in [-0.1, -0.05) is 15.9 Å². The first-order chi connectivity index (χ1) is 11.0. The van der Waals surface area contributed by atoms with Crippen molar-refractivity contribution in [2.24, 2.45) is 5.73 Å². The Morgan fingerprint density at radius 2 is 1.71 bits per heavy atom. The third-order valence-corrected chi connectivity index (χ3v) is 4.54. The Labute approximate surface area is 156 Å². The highest BCUT2D eigenvalue weighted by molar-refractivity contribution is 9.10. The molecular weight excluding hydrogens is 398 g/mol. The molecule has 24 heavy (non-hydrogen) atoms. The van der Waals surface area contributed by atoms with Gasteiger partial charge in [0, 0.05) is 49.9 Å². The normalized spacial score (nSPS) is 15.6. The molecule has 2 amide bonds. The number of carbonyl (C=O) groups is 2. The summed E-state index contributed by atoms with van der Waals surface area (Å²) >= 11 is 3.36. The molecule has 1 aliphatic heterocycles. The molecule has 0 bridgehead atoms. The summed E-state index contributed by atoms with van der Waals surface area (Å²) in [6.45, 7) is 2.50. The molecule has 1 unspecified atom stereocenters.